The van der Waals surface area contributed by atoms with E-state index in [1.54, 1.807) is 22.9 Å². The molecule has 2 heterocycles. The van der Waals surface area contributed by atoms with E-state index in [1.807, 2.05) is 49.2 Å². The fourth-order valence-electron chi connectivity index (χ4n) is 3.64. The van der Waals surface area contributed by atoms with Gasteiger partial charge >= 0.3 is 0 Å². The molecule has 0 saturated carbocycles. The van der Waals surface area contributed by atoms with E-state index in [9.17, 15) is 14.7 Å². The predicted octanol–water partition coefficient (Wildman–Crippen LogP) is 3.48. The molecular formula is C23H24N4O3. The summed E-state index contributed by atoms with van der Waals surface area (Å²) in [5.41, 5.74) is 3.82. The summed E-state index contributed by atoms with van der Waals surface area (Å²) in [6, 6.07) is 12.7. The van der Waals surface area contributed by atoms with E-state index >= 15 is 0 Å². The van der Waals surface area contributed by atoms with Crippen molar-refractivity contribution in [2.75, 3.05) is 11.9 Å². The molecule has 7 heteroatoms. The van der Waals surface area contributed by atoms with Gasteiger partial charge in [0, 0.05) is 37.7 Å². The minimum atomic E-state index is -0.267. The standard InChI is InChI=1S/C23H24N4O3/c1-15-8-9-17(12-20(15)28)19-13-24-23(26(19)2)25-22(30)18-6-3-5-16(11-18)14-27-10-4-7-21(27)29/h3,5-6,8-9,11-13,28H,4,7,10,14H2,1-2H3,(H,24,25,30). The first kappa shape index (κ1) is 19.7. The number of likely N-dealkylation sites (tertiary alicyclic amines) is 1. The van der Waals surface area contributed by atoms with Gasteiger partial charge in [0.25, 0.3) is 5.91 Å². The van der Waals surface area contributed by atoms with Crippen molar-refractivity contribution in [2.45, 2.75) is 26.3 Å². The smallest absolute Gasteiger partial charge is 0.257 e. The Hall–Kier alpha value is -3.61. The highest BCUT2D eigenvalue weighted by Crippen LogP contribution is 2.27. The van der Waals surface area contributed by atoms with Crippen molar-refractivity contribution in [3.05, 3.63) is 65.4 Å². The van der Waals surface area contributed by atoms with Crippen LogP contribution in [0.1, 0.15) is 34.3 Å². The molecule has 0 radical (unpaired) electrons. The van der Waals surface area contributed by atoms with Crippen LogP contribution in [-0.4, -0.2) is 37.9 Å². The number of nitrogens with zero attached hydrogens (tertiary/aromatic N) is 3. The summed E-state index contributed by atoms with van der Waals surface area (Å²) >= 11 is 0. The van der Waals surface area contributed by atoms with Gasteiger partial charge in [-0.15, -0.1) is 0 Å². The maximum atomic E-state index is 12.8. The van der Waals surface area contributed by atoms with Gasteiger partial charge in [0.2, 0.25) is 11.9 Å². The maximum absolute atomic E-state index is 12.8. The molecule has 4 rings (SSSR count). The molecule has 3 aromatic rings. The number of aryl methyl sites for hydroxylation is 1. The van der Waals surface area contributed by atoms with Gasteiger partial charge in [-0.05, 0) is 42.7 Å². The lowest BCUT2D eigenvalue weighted by atomic mass is 10.1. The minimum Gasteiger partial charge on any atom is -0.508 e. The fraction of sp³-hybridized carbons (Fsp3) is 0.261. The number of rotatable bonds is 5. The Balaban J connectivity index is 1.50. The van der Waals surface area contributed by atoms with Crippen LogP contribution in [0.25, 0.3) is 11.3 Å². The van der Waals surface area contributed by atoms with Gasteiger partial charge in [-0.2, -0.15) is 0 Å². The highest BCUT2D eigenvalue weighted by atomic mass is 16.3. The first-order chi connectivity index (χ1) is 14.4. The number of phenolic OH excluding ortho intramolecular Hbond substituents is 1. The summed E-state index contributed by atoms with van der Waals surface area (Å²) in [6.45, 7) is 3.12. The van der Waals surface area contributed by atoms with Crippen molar-refractivity contribution in [3.8, 4) is 17.0 Å². The molecule has 0 atom stereocenters. The number of imidazole rings is 1. The number of benzene rings is 2. The summed E-state index contributed by atoms with van der Waals surface area (Å²) in [4.78, 5) is 30.8. The first-order valence-electron chi connectivity index (χ1n) is 9.92. The van der Waals surface area contributed by atoms with Crippen LogP contribution in [0.3, 0.4) is 0 Å². The first-order valence-corrected chi connectivity index (χ1v) is 9.92. The third kappa shape index (κ3) is 3.91. The zero-order valence-corrected chi connectivity index (χ0v) is 17.1. The lowest BCUT2D eigenvalue weighted by molar-refractivity contribution is -0.128. The molecule has 1 aliphatic heterocycles. The lowest BCUT2D eigenvalue weighted by Crippen LogP contribution is -2.24. The summed E-state index contributed by atoms with van der Waals surface area (Å²) in [7, 11) is 1.81. The molecule has 1 saturated heterocycles. The Morgan fingerprint density at radius 2 is 2.07 bits per heavy atom. The second-order valence-corrected chi connectivity index (χ2v) is 7.60. The average molecular weight is 404 g/mol. The van der Waals surface area contributed by atoms with E-state index in [2.05, 4.69) is 10.3 Å². The predicted molar refractivity (Wildman–Crippen MR) is 114 cm³/mol. The molecule has 1 fully saturated rings. The van der Waals surface area contributed by atoms with Crippen LogP contribution < -0.4 is 5.32 Å². The number of hydrogen-bond acceptors (Lipinski definition) is 4. The van der Waals surface area contributed by atoms with Gasteiger partial charge in [0.1, 0.15) is 5.75 Å². The molecule has 1 aliphatic rings. The van der Waals surface area contributed by atoms with Crippen molar-refractivity contribution in [1.82, 2.24) is 14.5 Å². The molecule has 0 aliphatic carbocycles. The Morgan fingerprint density at radius 3 is 2.80 bits per heavy atom. The molecule has 0 spiro atoms. The molecule has 154 valence electrons. The van der Waals surface area contributed by atoms with Gasteiger partial charge in [0.15, 0.2) is 0 Å². The number of anilines is 1. The average Bonchev–Trinajstić information content (AvgIpc) is 3.30. The number of carbonyl (C=O) groups excluding carboxylic acids is 2. The van der Waals surface area contributed by atoms with E-state index in [-0.39, 0.29) is 17.6 Å². The van der Waals surface area contributed by atoms with E-state index in [4.69, 9.17) is 0 Å². The van der Waals surface area contributed by atoms with E-state index in [0.29, 0.717) is 24.5 Å². The number of aromatic hydroxyl groups is 1. The van der Waals surface area contributed by atoms with Crippen molar-refractivity contribution >= 4 is 17.8 Å². The molecule has 0 unspecified atom stereocenters. The zero-order valence-electron chi connectivity index (χ0n) is 17.1. The molecule has 30 heavy (non-hydrogen) atoms. The topological polar surface area (TPSA) is 87.5 Å². The molecule has 2 aromatic carbocycles. The van der Waals surface area contributed by atoms with Gasteiger partial charge in [-0.25, -0.2) is 4.98 Å². The fourth-order valence-corrected chi connectivity index (χ4v) is 3.64. The van der Waals surface area contributed by atoms with Crippen LogP contribution >= 0.6 is 0 Å². The van der Waals surface area contributed by atoms with Crippen LogP contribution in [0.2, 0.25) is 0 Å². The van der Waals surface area contributed by atoms with Gasteiger partial charge in [-0.1, -0.05) is 24.3 Å². The summed E-state index contributed by atoms with van der Waals surface area (Å²) in [5, 5.41) is 12.8. The van der Waals surface area contributed by atoms with Crippen molar-refractivity contribution in [3.63, 3.8) is 0 Å². The van der Waals surface area contributed by atoms with E-state index in [1.165, 1.54) is 0 Å². The number of amides is 2. The van der Waals surface area contributed by atoms with Crippen molar-refractivity contribution < 1.29 is 14.7 Å². The molecular weight excluding hydrogens is 380 g/mol. The third-order valence-corrected chi connectivity index (χ3v) is 5.45. The highest BCUT2D eigenvalue weighted by Gasteiger charge is 2.20. The number of nitrogens with one attached hydrogen (secondary N) is 1. The Bertz CT molecular complexity index is 1120. The maximum Gasteiger partial charge on any atom is 0.257 e. The Morgan fingerprint density at radius 1 is 1.23 bits per heavy atom. The van der Waals surface area contributed by atoms with Gasteiger partial charge in [0.05, 0.1) is 11.9 Å². The number of carbonyl (C=O) groups is 2. The number of phenols is 1. The Kier molecular flexibility index (Phi) is 5.27. The molecule has 1 aromatic heterocycles. The number of hydrogen-bond donors (Lipinski definition) is 2. The summed E-state index contributed by atoms with van der Waals surface area (Å²) in [6.07, 6.45) is 3.15. The third-order valence-electron chi connectivity index (χ3n) is 5.45. The summed E-state index contributed by atoms with van der Waals surface area (Å²) < 4.78 is 1.77. The SMILES string of the molecule is Cc1ccc(-c2cnc(NC(=O)c3cccc(CN4CCCC4=O)c3)n2C)cc1O. The van der Waals surface area contributed by atoms with Crippen LogP contribution in [0.4, 0.5) is 5.95 Å². The van der Waals surface area contributed by atoms with Crippen LogP contribution in [0, 0.1) is 6.92 Å². The normalized spacial score (nSPS) is 13.7. The Labute approximate surface area is 175 Å². The van der Waals surface area contributed by atoms with E-state index < -0.39 is 0 Å². The molecule has 0 bridgehead atoms. The second kappa shape index (κ2) is 8.02. The zero-order chi connectivity index (χ0) is 21.3. The van der Waals surface area contributed by atoms with Crippen LogP contribution in [0.15, 0.2) is 48.7 Å². The second-order valence-electron chi connectivity index (χ2n) is 7.60. The minimum absolute atomic E-state index is 0.160. The van der Waals surface area contributed by atoms with Crippen molar-refractivity contribution in [2.24, 2.45) is 7.05 Å². The van der Waals surface area contributed by atoms with E-state index in [0.717, 1.165) is 35.3 Å². The monoisotopic (exact) mass is 404 g/mol. The van der Waals surface area contributed by atoms with Crippen LogP contribution in [0.5, 0.6) is 5.75 Å². The largest absolute Gasteiger partial charge is 0.508 e. The molecule has 7 nitrogen and oxygen atoms in total. The molecule has 2 amide bonds. The van der Waals surface area contributed by atoms with Crippen molar-refractivity contribution in [1.29, 1.82) is 0 Å². The lowest BCUT2D eigenvalue weighted by Gasteiger charge is -2.16. The van der Waals surface area contributed by atoms with Gasteiger partial charge < -0.3 is 14.6 Å². The highest BCUT2D eigenvalue weighted by molar-refractivity contribution is 6.03. The molecule has 2 N–H and O–H groups in total. The van der Waals surface area contributed by atoms with Gasteiger partial charge in [-0.3, -0.25) is 14.9 Å². The van der Waals surface area contributed by atoms with Crippen LogP contribution in [-0.2, 0) is 18.4 Å². The summed E-state index contributed by atoms with van der Waals surface area (Å²) in [5.74, 6) is 0.520. The number of aromatic nitrogens is 2. The quantitative estimate of drug-likeness (QED) is 0.682.